The Balaban J connectivity index is 1.91. The van der Waals surface area contributed by atoms with Gasteiger partial charge >= 0.3 is 0 Å². The molecule has 0 saturated carbocycles. The van der Waals surface area contributed by atoms with Gasteiger partial charge in [-0.15, -0.1) is 0 Å². The first-order chi connectivity index (χ1) is 7.77. The van der Waals surface area contributed by atoms with Crippen LogP contribution in [0.25, 0.3) is 0 Å². The minimum Gasteiger partial charge on any atom is -0.381 e. The topological polar surface area (TPSA) is 21.3 Å². The lowest BCUT2D eigenvalue weighted by molar-refractivity contribution is 0.145. The van der Waals surface area contributed by atoms with E-state index in [1.807, 2.05) is 5.38 Å². The summed E-state index contributed by atoms with van der Waals surface area (Å²) in [4.78, 5) is 0. The summed E-state index contributed by atoms with van der Waals surface area (Å²) in [5.41, 5.74) is 2.41. The fraction of sp³-hybridized carbons (Fsp3) is 0.636. The van der Waals surface area contributed by atoms with E-state index in [9.17, 15) is 8.78 Å². The molecule has 1 unspecified atom stereocenters. The van der Waals surface area contributed by atoms with Crippen LogP contribution in [0.1, 0.15) is 23.5 Å². The zero-order valence-corrected chi connectivity index (χ0v) is 9.73. The molecule has 1 saturated heterocycles. The van der Waals surface area contributed by atoms with Gasteiger partial charge in [-0.2, -0.15) is 11.3 Å². The number of ether oxygens (including phenoxy) is 1. The normalized spacial score (nSPS) is 20.8. The molecule has 1 aromatic rings. The largest absolute Gasteiger partial charge is 0.381 e. The third kappa shape index (κ3) is 2.99. The van der Waals surface area contributed by atoms with Crippen molar-refractivity contribution in [1.29, 1.82) is 0 Å². The van der Waals surface area contributed by atoms with Crippen molar-refractivity contribution in [2.24, 2.45) is 0 Å². The number of nitrogens with one attached hydrogen (secondary N) is 1. The van der Waals surface area contributed by atoms with Crippen LogP contribution in [-0.4, -0.2) is 26.2 Å². The van der Waals surface area contributed by atoms with Gasteiger partial charge in [0.1, 0.15) is 0 Å². The van der Waals surface area contributed by atoms with Crippen LogP contribution in [0.5, 0.6) is 0 Å². The molecule has 0 bridgehead atoms. The maximum atomic E-state index is 12.0. The van der Waals surface area contributed by atoms with E-state index < -0.39 is 6.43 Å². The maximum Gasteiger partial charge on any atom is 0.250 e. The molecule has 0 radical (unpaired) electrons. The fourth-order valence-corrected chi connectivity index (χ4v) is 2.87. The highest BCUT2D eigenvalue weighted by Gasteiger charge is 2.20. The highest BCUT2D eigenvalue weighted by atomic mass is 32.1. The molecule has 90 valence electrons. The predicted molar refractivity (Wildman–Crippen MR) is 60.2 cm³/mol. The van der Waals surface area contributed by atoms with Crippen LogP contribution in [0.4, 0.5) is 8.78 Å². The second kappa shape index (κ2) is 5.70. The van der Waals surface area contributed by atoms with Gasteiger partial charge in [0.25, 0.3) is 6.43 Å². The average molecular weight is 247 g/mol. The molecule has 2 heterocycles. The molecular weight excluding hydrogens is 232 g/mol. The lowest BCUT2D eigenvalue weighted by Gasteiger charge is -2.10. The summed E-state index contributed by atoms with van der Waals surface area (Å²) in [6.07, 6.45) is -1.24. The van der Waals surface area contributed by atoms with Gasteiger partial charge in [-0.3, -0.25) is 0 Å². The zero-order valence-electron chi connectivity index (χ0n) is 8.92. The SMILES string of the molecule is FC(F)CNCc1cscc1C1CCOC1. The van der Waals surface area contributed by atoms with E-state index in [4.69, 9.17) is 4.74 Å². The van der Waals surface area contributed by atoms with Crippen molar-refractivity contribution in [3.05, 3.63) is 21.9 Å². The Bertz CT molecular complexity index is 324. The molecule has 0 spiro atoms. The summed E-state index contributed by atoms with van der Waals surface area (Å²) in [5.74, 6) is 0.453. The fourth-order valence-electron chi connectivity index (χ4n) is 1.93. The molecule has 1 aliphatic heterocycles. The van der Waals surface area contributed by atoms with Crippen molar-refractivity contribution >= 4 is 11.3 Å². The molecule has 1 aliphatic rings. The lowest BCUT2D eigenvalue weighted by Crippen LogP contribution is -2.21. The van der Waals surface area contributed by atoms with Gasteiger partial charge < -0.3 is 10.1 Å². The molecule has 0 aromatic carbocycles. The molecule has 16 heavy (non-hydrogen) atoms. The molecule has 1 N–H and O–H groups in total. The van der Waals surface area contributed by atoms with Gasteiger partial charge in [0.15, 0.2) is 0 Å². The van der Waals surface area contributed by atoms with Crippen LogP contribution >= 0.6 is 11.3 Å². The molecule has 2 nitrogen and oxygen atoms in total. The number of hydrogen-bond donors (Lipinski definition) is 1. The Morgan fingerprint density at radius 1 is 1.50 bits per heavy atom. The van der Waals surface area contributed by atoms with Gasteiger partial charge in [0, 0.05) is 19.1 Å². The lowest BCUT2D eigenvalue weighted by atomic mass is 9.98. The van der Waals surface area contributed by atoms with Crippen molar-refractivity contribution < 1.29 is 13.5 Å². The van der Waals surface area contributed by atoms with Crippen LogP contribution < -0.4 is 5.32 Å². The van der Waals surface area contributed by atoms with Gasteiger partial charge in [-0.05, 0) is 28.3 Å². The van der Waals surface area contributed by atoms with Crippen LogP contribution in [-0.2, 0) is 11.3 Å². The molecule has 0 amide bonds. The summed E-state index contributed by atoms with van der Waals surface area (Å²) < 4.78 is 29.3. The van der Waals surface area contributed by atoms with Crippen LogP contribution in [0.2, 0.25) is 0 Å². The van der Waals surface area contributed by atoms with E-state index in [1.165, 1.54) is 5.56 Å². The molecule has 1 aromatic heterocycles. The van der Waals surface area contributed by atoms with Crippen molar-refractivity contribution in [2.75, 3.05) is 19.8 Å². The van der Waals surface area contributed by atoms with Crippen molar-refractivity contribution in [1.82, 2.24) is 5.32 Å². The summed E-state index contributed by atoms with van der Waals surface area (Å²) in [5, 5.41) is 6.91. The number of hydrogen-bond acceptors (Lipinski definition) is 3. The first kappa shape index (κ1) is 12.0. The summed E-state index contributed by atoms with van der Waals surface area (Å²) in [6, 6.07) is 0. The third-order valence-corrected chi connectivity index (χ3v) is 3.57. The Labute approximate surface area is 97.6 Å². The summed E-state index contributed by atoms with van der Waals surface area (Å²) in [7, 11) is 0. The second-order valence-corrected chi connectivity index (χ2v) is 4.68. The third-order valence-electron chi connectivity index (χ3n) is 2.76. The van der Waals surface area contributed by atoms with Gasteiger partial charge in [-0.1, -0.05) is 0 Å². The van der Waals surface area contributed by atoms with Crippen molar-refractivity contribution in [2.45, 2.75) is 25.3 Å². The average Bonchev–Trinajstić information content (AvgIpc) is 2.84. The highest BCUT2D eigenvalue weighted by Crippen LogP contribution is 2.30. The van der Waals surface area contributed by atoms with Gasteiger partial charge in [-0.25, -0.2) is 8.78 Å². The number of halogens is 2. The standard InChI is InChI=1S/C11H15F2NOS/c12-11(13)4-14-3-9-6-16-7-10(9)8-1-2-15-5-8/h6-8,11,14H,1-5H2. The van der Waals surface area contributed by atoms with Crippen molar-refractivity contribution in [3.8, 4) is 0 Å². The summed E-state index contributed by atoms with van der Waals surface area (Å²) >= 11 is 1.63. The maximum absolute atomic E-state index is 12.0. The highest BCUT2D eigenvalue weighted by molar-refractivity contribution is 7.08. The zero-order chi connectivity index (χ0) is 11.4. The monoisotopic (exact) mass is 247 g/mol. The van der Waals surface area contributed by atoms with Gasteiger partial charge in [0.05, 0.1) is 13.2 Å². The first-order valence-electron chi connectivity index (χ1n) is 5.39. The molecule has 1 fully saturated rings. The van der Waals surface area contributed by atoms with E-state index in [0.717, 1.165) is 25.2 Å². The molecular formula is C11H15F2NOS. The molecule has 2 rings (SSSR count). The number of rotatable bonds is 5. The molecule has 0 aliphatic carbocycles. The Kier molecular flexibility index (Phi) is 4.26. The predicted octanol–water partition coefficient (Wildman–Crippen LogP) is 2.61. The number of thiophene rings is 1. The second-order valence-electron chi connectivity index (χ2n) is 3.93. The van der Waals surface area contributed by atoms with Crippen LogP contribution in [0.15, 0.2) is 10.8 Å². The summed E-state index contributed by atoms with van der Waals surface area (Å²) in [6.45, 7) is 1.86. The molecule has 5 heteroatoms. The minimum absolute atomic E-state index is 0.240. The van der Waals surface area contributed by atoms with E-state index in [2.05, 4.69) is 10.7 Å². The van der Waals surface area contributed by atoms with E-state index in [1.54, 1.807) is 11.3 Å². The Morgan fingerprint density at radius 3 is 3.06 bits per heavy atom. The number of alkyl halides is 2. The van der Waals surface area contributed by atoms with E-state index in [0.29, 0.717) is 12.5 Å². The Hall–Kier alpha value is -0.520. The quantitative estimate of drug-likeness (QED) is 0.863. The van der Waals surface area contributed by atoms with E-state index in [-0.39, 0.29) is 6.54 Å². The van der Waals surface area contributed by atoms with Crippen molar-refractivity contribution in [3.63, 3.8) is 0 Å². The van der Waals surface area contributed by atoms with E-state index >= 15 is 0 Å². The molecule has 1 atom stereocenters. The van der Waals surface area contributed by atoms with Gasteiger partial charge in [0.2, 0.25) is 0 Å². The van der Waals surface area contributed by atoms with Crippen LogP contribution in [0, 0.1) is 0 Å². The minimum atomic E-state index is -2.28. The smallest absolute Gasteiger partial charge is 0.250 e. The first-order valence-corrected chi connectivity index (χ1v) is 6.33. The Morgan fingerprint density at radius 2 is 2.38 bits per heavy atom. The van der Waals surface area contributed by atoms with Crippen LogP contribution in [0.3, 0.4) is 0 Å².